The average Bonchev–Trinajstić information content (AvgIpc) is 2.08. The predicted octanol–water partition coefficient (Wildman–Crippen LogP) is 2.57. The molecular weight excluding hydrogens is 172 g/mol. The van der Waals surface area contributed by atoms with E-state index in [0.29, 0.717) is 5.56 Å². The summed E-state index contributed by atoms with van der Waals surface area (Å²) in [5.74, 6) is 0. The van der Waals surface area contributed by atoms with Gasteiger partial charge in [-0.15, -0.1) is 0 Å². The lowest BCUT2D eigenvalue weighted by Crippen LogP contribution is -2.18. The molecule has 0 aliphatic rings. The maximum atomic E-state index is 12.2. The van der Waals surface area contributed by atoms with Crippen LogP contribution in [0.15, 0.2) is 18.2 Å². The minimum atomic E-state index is -2.50. The van der Waals surface area contributed by atoms with Gasteiger partial charge in [0.15, 0.2) is 0 Å². The molecule has 0 aliphatic carbocycles. The molecule has 0 saturated heterocycles. The summed E-state index contributed by atoms with van der Waals surface area (Å²) >= 11 is 0. The first kappa shape index (κ1) is 10.1. The number of nitrogens with two attached hydrogens (primary N) is 1. The van der Waals surface area contributed by atoms with E-state index in [1.165, 1.54) is 0 Å². The number of benzene rings is 1. The van der Waals surface area contributed by atoms with Crippen LogP contribution in [0.3, 0.4) is 0 Å². The highest BCUT2D eigenvalue weighted by Gasteiger charge is 2.17. The first-order valence-electron chi connectivity index (χ1n) is 4.13. The maximum Gasteiger partial charge on any atom is 0.257 e. The normalized spacial score (nSPS) is 13.4. The Bertz CT molecular complexity index is 297. The molecule has 0 aliphatic heterocycles. The van der Waals surface area contributed by atoms with Crippen molar-refractivity contribution in [3.63, 3.8) is 0 Å². The van der Waals surface area contributed by atoms with Crippen LogP contribution in [0.5, 0.6) is 0 Å². The van der Waals surface area contributed by atoms with Crippen molar-refractivity contribution in [3.05, 3.63) is 34.9 Å². The Morgan fingerprint density at radius 3 is 2.23 bits per heavy atom. The zero-order chi connectivity index (χ0) is 10.0. The van der Waals surface area contributed by atoms with Crippen molar-refractivity contribution in [2.45, 2.75) is 26.3 Å². The molecule has 1 aromatic rings. The Morgan fingerprint density at radius 1 is 1.15 bits per heavy atom. The van der Waals surface area contributed by atoms with Gasteiger partial charge >= 0.3 is 0 Å². The Hall–Kier alpha value is -0.960. The predicted molar refractivity (Wildman–Crippen MR) is 48.8 cm³/mol. The van der Waals surface area contributed by atoms with Crippen LogP contribution in [0, 0.1) is 13.8 Å². The monoisotopic (exact) mass is 185 g/mol. The molecule has 13 heavy (non-hydrogen) atoms. The zero-order valence-corrected chi connectivity index (χ0v) is 7.72. The lowest BCUT2D eigenvalue weighted by atomic mass is 10.0. The van der Waals surface area contributed by atoms with Gasteiger partial charge in [-0.2, -0.15) is 0 Å². The maximum absolute atomic E-state index is 12.2. The van der Waals surface area contributed by atoms with Crippen molar-refractivity contribution in [1.82, 2.24) is 0 Å². The van der Waals surface area contributed by atoms with Gasteiger partial charge in [-0.1, -0.05) is 18.2 Å². The molecular formula is C10H13F2N. The molecule has 0 heterocycles. The molecule has 0 radical (unpaired) electrons. The molecule has 0 fully saturated rings. The van der Waals surface area contributed by atoms with Gasteiger partial charge in [0.2, 0.25) is 0 Å². The third kappa shape index (κ3) is 2.25. The molecule has 0 spiro atoms. The van der Waals surface area contributed by atoms with E-state index in [1.807, 2.05) is 19.9 Å². The highest BCUT2D eigenvalue weighted by atomic mass is 19.3. The molecule has 0 saturated carbocycles. The van der Waals surface area contributed by atoms with Gasteiger partial charge < -0.3 is 5.73 Å². The second-order valence-corrected chi connectivity index (χ2v) is 3.20. The summed E-state index contributed by atoms with van der Waals surface area (Å²) in [6.45, 7) is 3.82. The fraction of sp³-hybridized carbons (Fsp3) is 0.400. The summed E-state index contributed by atoms with van der Waals surface area (Å²) in [5.41, 5.74) is 7.89. The van der Waals surface area contributed by atoms with Crippen LogP contribution in [-0.4, -0.2) is 6.43 Å². The Kier molecular flexibility index (Phi) is 2.98. The number of hydrogen-bond donors (Lipinski definition) is 1. The van der Waals surface area contributed by atoms with Gasteiger partial charge in [-0.25, -0.2) is 8.78 Å². The first-order chi connectivity index (χ1) is 6.02. The van der Waals surface area contributed by atoms with Crippen molar-refractivity contribution < 1.29 is 8.78 Å². The molecule has 0 amide bonds. The smallest absolute Gasteiger partial charge is 0.257 e. The minimum Gasteiger partial charge on any atom is -0.319 e. The van der Waals surface area contributed by atoms with Gasteiger partial charge in [0.25, 0.3) is 6.43 Å². The van der Waals surface area contributed by atoms with E-state index in [1.54, 1.807) is 12.1 Å². The van der Waals surface area contributed by atoms with Crippen LogP contribution < -0.4 is 5.73 Å². The summed E-state index contributed by atoms with van der Waals surface area (Å²) < 4.78 is 24.4. The van der Waals surface area contributed by atoms with Crippen LogP contribution in [-0.2, 0) is 0 Å². The zero-order valence-electron chi connectivity index (χ0n) is 7.72. The van der Waals surface area contributed by atoms with Crippen LogP contribution in [0.4, 0.5) is 8.78 Å². The summed E-state index contributed by atoms with van der Waals surface area (Å²) in [4.78, 5) is 0. The topological polar surface area (TPSA) is 26.0 Å². The van der Waals surface area contributed by atoms with Crippen molar-refractivity contribution in [1.29, 1.82) is 0 Å². The first-order valence-corrected chi connectivity index (χ1v) is 4.13. The van der Waals surface area contributed by atoms with Gasteiger partial charge in [0, 0.05) is 0 Å². The van der Waals surface area contributed by atoms with Gasteiger partial charge in [0.05, 0.1) is 6.04 Å². The fourth-order valence-corrected chi connectivity index (χ4v) is 1.12. The molecule has 72 valence electrons. The van der Waals surface area contributed by atoms with E-state index < -0.39 is 12.5 Å². The summed E-state index contributed by atoms with van der Waals surface area (Å²) in [5, 5.41) is 0. The molecule has 1 nitrogen and oxygen atoms in total. The number of alkyl halides is 2. The van der Waals surface area contributed by atoms with E-state index in [2.05, 4.69) is 0 Å². The van der Waals surface area contributed by atoms with Crippen LogP contribution in [0.25, 0.3) is 0 Å². The van der Waals surface area contributed by atoms with Crippen molar-refractivity contribution >= 4 is 0 Å². The van der Waals surface area contributed by atoms with Crippen molar-refractivity contribution in [3.8, 4) is 0 Å². The largest absolute Gasteiger partial charge is 0.319 e. The van der Waals surface area contributed by atoms with Crippen LogP contribution in [0.2, 0.25) is 0 Å². The Balaban J connectivity index is 2.97. The SMILES string of the molecule is Cc1ccc([C@H](N)C(F)F)cc1C. The van der Waals surface area contributed by atoms with Crippen LogP contribution in [0.1, 0.15) is 22.7 Å². The molecule has 2 N–H and O–H groups in total. The number of halogens is 2. The summed E-state index contributed by atoms with van der Waals surface area (Å²) in [7, 11) is 0. The van der Waals surface area contributed by atoms with E-state index in [0.717, 1.165) is 11.1 Å². The minimum absolute atomic E-state index is 0.498. The Labute approximate surface area is 76.6 Å². The lowest BCUT2D eigenvalue weighted by Gasteiger charge is -2.12. The molecule has 1 aromatic carbocycles. The number of aryl methyl sites for hydroxylation is 2. The second-order valence-electron chi connectivity index (χ2n) is 3.20. The highest BCUT2D eigenvalue weighted by Crippen LogP contribution is 2.20. The number of hydrogen-bond acceptors (Lipinski definition) is 1. The van der Waals surface area contributed by atoms with Gasteiger partial charge in [-0.3, -0.25) is 0 Å². The van der Waals surface area contributed by atoms with Gasteiger partial charge in [0.1, 0.15) is 0 Å². The third-order valence-corrected chi connectivity index (χ3v) is 2.19. The standard InChI is InChI=1S/C10H13F2N/c1-6-3-4-8(5-7(6)2)9(13)10(11)12/h3-5,9-10H,13H2,1-2H3/t9-/m0/s1. The van der Waals surface area contributed by atoms with E-state index >= 15 is 0 Å². The highest BCUT2D eigenvalue weighted by molar-refractivity contribution is 5.31. The lowest BCUT2D eigenvalue weighted by molar-refractivity contribution is 0.116. The second kappa shape index (κ2) is 3.83. The third-order valence-electron chi connectivity index (χ3n) is 2.19. The molecule has 0 aromatic heterocycles. The summed E-state index contributed by atoms with van der Waals surface area (Å²) in [6.07, 6.45) is -2.50. The molecule has 0 unspecified atom stereocenters. The van der Waals surface area contributed by atoms with Crippen LogP contribution >= 0.6 is 0 Å². The van der Waals surface area contributed by atoms with E-state index in [-0.39, 0.29) is 0 Å². The van der Waals surface area contributed by atoms with E-state index in [4.69, 9.17) is 5.73 Å². The summed E-state index contributed by atoms with van der Waals surface area (Å²) in [6, 6.07) is 4.01. The number of rotatable bonds is 2. The fourth-order valence-electron chi connectivity index (χ4n) is 1.12. The van der Waals surface area contributed by atoms with E-state index in [9.17, 15) is 8.78 Å². The molecule has 1 rings (SSSR count). The van der Waals surface area contributed by atoms with Gasteiger partial charge in [-0.05, 0) is 30.5 Å². The quantitative estimate of drug-likeness (QED) is 0.752. The average molecular weight is 185 g/mol. The molecule has 0 bridgehead atoms. The Morgan fingerprint density at radius 2 is 1.77 bits per heavy atom. The molecule has 3 heteroatoms. The molecule has 1 atom stereocenters. The van der Waals surface area contributed by atoms with Crippen molar-refractivity contribution in [2.24, 2.45) is 5.73 Å². The van der Waals surface area contributed by atoms with Crippen molar-refractivity contribution in [2.75, 3.05) is 0 Å².